The fraction of sp³-hybridized carbons (Fsp3) is 0.320. The van der Waals surface area contributed by atoms with Crippen molar-refractivity contribution in [2.45, 2.75) is 32.4 Å². The average Bonchev–Trinajstić information content (AvgIpc) is 3.55. The summed E-state index contributed by atoms with van der Waals surface area (Å²) in [5, 5.41) is 2.27. The highest BCUT2D eigenvalue weighted by atomic mass is 16.2. The van der Waals surface area contributed by atoms with Crippen LogP contribution in [0.2, 0.25) is 0 Å². The summed E-state index contributed by atoms with van der Waals surface area (Å²) in [6.45, 7) is 4.51. The van der Waals surface area contributed by atoms with Crippen molar-refractivity contribution < 1.29 is 4.79 Å². The van der Waals surface area contributed by atoms with Gasteiger partial charge in [-0.1, -0.05) is 19.1 Å². The second-order valence-electron chi connectivity index (χ2n) is 8.87. The van der Waals surface area contributed by atoms with Crippen LogP contribution < -0.4 is 0 Å². The number of aryl methyl sites for hydroxylation is 1. The monoisotopic (exact) mass is 426 g/mol. The highest BCUT2D eigenvalue weighted by Crippen LogP contribution is 2.34. The lowest BCUT2D eigenvalue weighted by atomic mass is 9.92. The lowest BCUT2D eigenvalue weighted by Gasteiger charge is -2.38. The van der Waals surface area contributed by atoms with E-state index >= 15 is 0 Å². The van der Waals surface area contributed by atoms with Gasteiger partial charge < -0.3 is 19.0 Å². The molecule has 7 heteroatoms. The van der Waals surface area contributed by atoms with Crippen LogP contribution in [0.25, 0.3) is 33.0 Å². The van der Waals surface area contributed by atoms with E-state index in [4.69, 9.17) is 0 Å². The second kappa shape index (κ2) is 7.51. The van der Waals surface area contributed by atoms with Crippen LogP contribution in [0.3, 0.4) is 0 Å². The number of rotatable bonds is 4. The van der Waals surface area contributed by atoms with Gasteiger partial charge in [-0.2, -0.15) is 0 Å². The molecule has 0 aliphatic carbocycles. The number of hydrogen-bond donors (Lipinski definition) is 1. The number of aromatic amines is 1. The third kappa shape index (κ3) is 3.07. The summed E-state index contributed by atoms with van der Waals surface area (Å²) in [5.74, 6) is 0.707. The van der Waals surface area contributed by atoms with Crippen molar-refractivity contribution in [2.75, 3.05) is 13.1 Å². The fourth-order valence-corrected chi connectivity index (χ4v) is 5.13. The maximum absolute atomic E-state index is 13.2. The van der Waals surface area contributed by atoms with E-state index in [0.29, 0.717) is 18.9 Å². The van der Waals surface area contributed by atoms with E-state index in [1.165, 1.54) is 5.52 Å². The largest absolute Gasteiger partial charge is 0.346 e. The number of carbonyl (C=O) groups is 1. The number of aromatic nitrogens is 5. The maximum Gasteiger partial charge on any atom is 0.224 e. The molecule has 0 radical (unpaired) electrons. The molecule has 1 saturated heterocycles. The molecule has 5 heterocycles. The summed E-state index contributed by atoms with van der Waals surface area (Å²) in [4.78, 5) is 27.4. The van der Waals surface area contributed by atoms with Crippen LogP contribution in [-0.2, 0) is 11.3 Å². The molecule has 0 spiro atoms. The number of para-hydroxylation sites is 2. The standard InChI is InChI=1S/C25H26N6O/c1-17-7-11-29(23(32)9-12-30-16-28-20-4-2-3-5-21(20)30)15-22(17)31-13-8-18-14-27-25-19(24(18)31)6-10-26-25/h2-6,8,10,13-14,16-17,22H,7,9,11-12,15H2,1H3,(H,26,27)/t17-,22+/m1/s1. The third-order valence-electron chi connectivity index (χ3n) is 6.98. The zero-order valence-corrected chi connectivity index (χ0v) is 18.1. The van der Waals surface area contributed by atoms with Gasteiger partial charge in [-0.3, -0.25) is 4.79 Å². The molecule has 162 valence electrons. The Hall–Kier alpha value is -3.61. The topological polar surface area (TPSA) is 71.7 Å². The van der Waals surface area contributed by atoms with E-state index in [9.17, 15) is 4.79 Å². The molecule has 0 saturated carbocycles. The molecule has 32 heavy (non-hydrogen) atoms. The van der Waals surface area contributed by atoms with E-state index in [1.807, 2.05) is 41.8 Å². The third-order valence-corrected chi connectivity index (χ3v) is 6.98. The minimum atomic E-state index is 0.213. The molecule has 2 atom stereocenters. The Morgan fingerprint density at radius 1 is 1.19 bits per heavy atom. The number of fused-ring (bicyclic) bond motifs is 4. The van der Waals surface area contributed by atoms with Gasteiger partial charge >= 0.3 is 0 Å². The molecule has 6 rings (SSSR count). The van der Waals surface area contributed by atoms with Gasteiger partial charge in [-0.25, -0.2) is 9.97 Å². The van der Waals surface area contributed by atoms with Crippen LogP contribution in [0.15, 0.2) is 61.3 Å². The molecule has 1 amide bonds. The number of carbonyl (C=O) groups excluding carboxylic acids is 1. The van der Waals surface area contributed by atoms with Crippen LogP contribution in [0.4, 0.5) is 0 Å². The van der Waals surface area contributed by atoms with Crippen molar-refractivity contribution in [3.63, 3.8) is 0 Å². The fourth-order valence-electron chi connectivity index (χ4n) is 5.13. The summed E-state index contributed by atoms with van der Waals surface area (Å²) in [5.41, 5.74) is 4.15. The van der Waals surface area contributed by atoms with Crippen molar-refractivity contribution in [3.05, 3.63) is 61.3 Å². The van der Waals surface area contributed by atoms with Gasteiger partial charge in [0.2, 0.25) is 5.91 Å². The lowest BCUT2D eigenvalue weighted by Crippen LogP contribution is -2.44. The van der Waals surface area contributed by atoms with E-state index in [0.717, 1.165) is 47.0 Å². The molecular weight excluding hydrogens is 400 g/mol. The Morgan fingerprint density at radius 3 is 3.03 bits per heavy atom. The quantitative estimate of drug-likeness (QED) is 0.464. The minimum absolute atomic E-state index is 0.213. The van der Waals surface area contributed by atoms with Crippen LogP contribution in [0.5, 0.6) is 0 Å². The molecule has 7 nitrogen and oxygen atoms in total. The summed E-state index contributed by atoms with van der Waals surface area (Å²) in [7, 11) is 0. The normalized spacial score (nSPS) is 19.3. The van der Waals surface area contributed by atoms with Gasteiger partial charge in [0.05, 0.1) is 28.9 Å². The lowest BCUT2D eigenvalue weighted by molar-refractivity contribution is -0.133. The number of nitrogens with one attached hydrogen (secondary N) is 1. The second-order valence-corrected chi connectivity index (χ2v) is 8.87. The maximum atomic E-state index is 13.2. The van der Waals surface area contributed by atoms with Crippen LogP contribution >= 0.6 is 0 Å². The van der Waals surface area contributed by atoms with Gasteiger partial charge in [-0.15, -0.1) is 0 Å². The first kappa shape index (κ1) is 19.1. The molecule has 4 aromatic heterocycles. The first-order valence-electron chi connectivity index (χ1n) is 11.3. The van der Waals surface area contributed by atoms with Gasteiger partial charge in [0.1, 0.15) is 5.65 Å². The molecule has 5 aromatic rings. The first-order valence-corrected chi connectivity index (χ1v) is 11.3. The van der Waals surface area contributed by atoms with Crippen LogP contribution in [0.1, 0.15) is 25.8 Å². The number of hydrogen-bond acceptors (Lipinski definition) is 3. The number of H-pyrrole nitrogens is 1. The smallest absolute Gasteiger partial charge is 0.224 e. The summed E-state index contributed by atoms with van der Waals surface area (Å²) in [6, 6.07) is 12.5. The number of amides is 1. The molecule has 1 aliphatic heterocycles. The predicted molar refractivity (Wildman–Crippen MR) is 125 cm³/mol. The Kier molecular flexibility index (Phi) is 4.48. The van der Waals surface area contributed by atoms with E-state index in [2.05, 4.69) is 55.4 Å². The van der Waals surface area contributed by atoms with E-state index in [-0.39, 0.29) is 11.9 Å². The number of piperidine rings is 1. The molecule has 1 aliphatic rings. The SMILES string of the molecule is C[C@@H]1CCN(C(=O)CCn2cnc3ccccc32)C[C@@H]1n1ccc2cnc3[nH]ccc3c21. The number of pyridine rings is 1. The van der Waals surface area contributed by atoms with E-state index in [1.54, 1.807) is 0 Å². The summed E-state index contributed by atoms with van der Waals surface area (Å²) >= 11 is 0. The summed E-state index contributed by atoms with van der Waals surface area (Å²) in [6.07, 6.45) is 9.35. The van der Waals surface area contributed by atoms with Crippen LogP contribution in [0, 0.1) is 5.92 Å². The predicted octanol–water partition coefficient (Wildman–Crippen LogP) is 4.37. The molecular formula is C25H26N6O. The Bertz CT molecular complexity index is 1430. The zero-order chi connectivity index (χ0) is 21.7. The van der Waals surface area contributed by atoms with Gasteiger partial charge in [0.25, 0.3) is 0 Å². The highest BCUT2D eigenvalue weighted by molar-refractivity contribution is 6.02. The van der Waals surface area contributed by atoms with Crippen molar-refractivity contribution in [1.82, 2.24) is 29.0 Å². The van der Waals surface area contributed by atoms with Crippen molar-refractivity contribution in [3.8, 4) is 0 Å². The zero-order valence-electron chi connectivity index (χ0n) is 18.1. The minimum Gasteiger partial charge on any atom is -0.346 e. The molecule has 1 N–H and O–H groups in total. The van der Waals surface area contributed by atoms with Crippen molar-refractivity contribution in [2.24, 2.45) is 5.92 Å². The molecule has 0 unspecified atom stereocenters. The number of likely N-dealkylation sites (tertiary alicyclic amines) is 1. The van der Waals surface area contributed by atoms with Gasteiger partial charge in [0.15, 0.2) is 0 Å². The van der Waals surface area contributed by atoms with Gasteiger partial charge in [-0.05, 0) is 36.6 Å². The van der Waals surface area contributed by atoms with Crippen molar-refractivity contribution in [1.29, 1.82) is 0 Å². The van der Waals surface area contributed by atoms with Gasteiger partial charge in [0, 0.05) is 55.4 Å². The molecule has 0 bridgehead atoms. The summed E-state index contributed by atoms with van der Waals surface area (Å²) < 4.78 is 4.44. The van der Waals surface area contributed by atoms with Crippen LogP contribution in [-0.4, -0.2) is 48.0 Å². The molecule has 1 aromatic carbocycles. The number of benzene rings is 1. The van der Waals surface area contributed by atoms with Crippen molar-refractivity contribution >= 4 is 38.9 Å². The number of nitrogens with zero attached hydrogens (tertiary/aromatic N) is 5. The Morgan fingerprint density at radius 2 is 2.09 bits per heavy atom. The Labute approximate surface area is 185 Å². The highest BCUT2D eigenvalue weighted by Gasteiger charge is 2.30. The molecule has 1 fully saturated rings. The number of imidazole rings is 1. The average molecular weight is 427 g/mol. The first-order chi connectivity index (χ1) is 15.7. The Balaban J connectivity index is 1.23. The van der Waals surface area contributed by atoms with E-state index < -0.39 is 0 Å².